The molecule has 0 aromatic heterocycles. The van der Waals surface area contributed by atoms with Crippen LogP contribution in [0.15, 0.2) is 143 Å². The van der Waals surface area contributed by atoms with Crippen molar-refractivity contribution < 1.29 is 0 Å². The third-order valence-electron chi connectivity index (χ3n) is 9.47. The molecule has 54 heavy (non-hydrogen) atoms. The Morgan fingerprint density at radius 3 is 1.15 bits per heavy atom. The largest absolute Gasteiger partial charge is 0.165 e. The van der Waals surface area contributed by atoms with E-state index in [-0.39, 0.29) is 0 Å². The summed E-state index contributed by atoms with van der Waals surface area (Å²) < 4.78 is 0. The van der Waals surface area contributed by atoms with Crippen LogP contribution in [0.4, 0.5) is 0 Å². The normalized spacial score (nSPS) is 11.1. The van der Waals surface area contributed by atoms with E-state index in [4.69, 9.17) is 0 Å². The van der Waals surface area contributed by atoms with Gasteiger partial charge in [0.1, 0.15) is 0 Å². The Balaban J connectivity index is 0.000000563. The first-order valence-corrected chi connectivity index (χ1v) is 30.7. The Hall–Kier alpha value is -0.846. The average molecular weight is 872 g/mol. The number of allylic oxidation sites excluding steroid dienone is 4. The van der Waals surface area contributed by atoms with Gasteiger partial charge in [0.2, 0.25) is 0 Å². The van der Waals surface area contributed by atoms with E-state index in [0.717, 1.165) is 34.0 Å². The Bertz CT molecular complexity index is 1330. The molecule has 0 amide bonds. The van der Waals surface area contributed by atoms with E-state index in [1.54, 1.807) is 12.1 Å². The van der Waals surface area contributed by atoms with Crippen LogP contribution in [-0.4, -0.2) is 51.7 Å². The SMILES string of the molecule is C=CC[Si](CC=C)(CC=C)CC=C.CSCCC[Si](CCCSC)(CCCSc1cccc(C)c1)CCCSc1cccc(C)c1.Sc1cccc(S)c1. The van der Waals surface area contributed by atoms with E-state index in [1.807, 2.05) is 72.1 Å². The second-order valence-corrected chi connectivity index (χ2v) is 29.2. The summed E-state index contributed by atoms with van der Waals surface area (Å²) in [4.78, 5) is 4.80. The van der Waals surface area contributed by atoms with Crippen molar-refractivity contribution in [1.29, 1.82) is 0 Å². The van der Waals surface area contributed by atoms with Gasteiger partial charge in [-0.3, -0.25) is 0 Å². The molecule has 0 bridgehead atoms. The maximum Gasteiger partial charge on any atom is 0.0685 e. The number of aryl methyl sites for hydroxylation is 2. The summed E-state index contributed by atoms with van der Waals surface area (Å²) in [6.07, 6.45) is 18.3. The standard InChI is InChI=1S/C28H44S4Si.C12H20Si.C6H6S2/c1-25-11-5-13-27(23-25)31-17-9-21-33(19-7-15-29-3,20-8-16-30-4)22-10-18-32-28-14-6-12-26(2)24-28;1-5-9-13(10-6-2,11-7-3)12-8-4;7-5-2-1-3-6(8)4-5/h5-6,11-14,23-24H,7-10,15-22H2,1-4H3;5-8H,1-4,9-12H2;1-4,7-8H. The van der Waals surface area contributed by atoms with E-state index >= 15 is 0 Å². The van der Waals surface area contributed by atoms with Gasteiger partial charge >= 0.3 is 0 Å². The van der Waals surface area contributed by atoms with Gasteiger partial charge in [-0.05, 0) is 142 Å². The van der Waals surface area contributed by atoms with Gasteiger partial charge in [0.25, 0.3) is 0 Å². The summed E-state index contributed by atoms with van der Waals surface area (Å²) in [6.45, 7) is 19.7. The zero-order chi connectivity index (χ0) is 39.9. The molecule has 0 unspecified atom stereocenters. The Morgan fingerprint density at radius 2 is 0.852 bits per heavy atom. The van der Waals surface area contributed by atoms with Crippen molar-refractivity contribution in [3.63, 3.8) is 0 Å². The Morgan fingerprint density at radius 1 is 0.500 bits per heavy atom. The van der Waals surface area contributed by atoms with E-state index in [9.17, 15) is 0 Å². The second kappa shape index (κ2) is 32.1. The minimum Gasteiger partial charge on any atom is -0.165 e. The topological polar surface area (TPSA) is 0 Å². The molecule has 0 aliphatic heterocycles. The molecule has 0 saturated carbocycles. The molecule has 0 atom stereocenters. The molecule has 0 radical (unpaired) electrons. The molecule has 0 heterocycles. The molecule has 3 aromatic rings. The van der Waals surface area contributed by atoms with Crippen molar-refractivity contribution in [2.45, 2.75) is 107 Å². The van der Waals surface area contributed by atoms with Gasteiger partial charge in [0, 0.05) is 19.6 Å². The van der Waals surface area contributed by atoms with Crippen LogP contribution in [0.1, 0.15) is 36.8 Å². The molecule has 0 saturated heterocycles. The van der Waals surface area contributed by atoms with Gasteiger partial charge in [-0.15, -0.1) is 75.1 Å². The van der Waals surface area contributed by atoms with Gasteiger partial charge in [0.15, 0.2) is 0 Å². The number of benzene rings is 3. The molecule has 3 rings (SSSR count). The number of hydrogen-bond acceptors (Lipinski definition) is 6. The lowest BCUT2D eigenvalue weighted by molar-refractivity contribution is 0.893. The van der Waals surface area contributed by atoms with E-state index in [2.05, 4.69) is 150 Å². The van der Waals surface area contributed by atoms with Crippen molar-refractivity contribution in [1.82, 2.24) is 0 Å². The molecule has 0 spiro atoms. The minimum atomic E-state index is -1.27. The molecule has 0 fully saturated rings. The molecule has 0 nitrogen and oxygen atoms in total. The summed E-state index contributed by atoms with van der Waals surface area (Å²) >= 11 is 16.4. The number of rotatable bonds is 26. The van der Waals surface area contributed by atoms with Crippen LogP contribution in [0.2, 0.25) is 48.4 Å². The highest BCUT2D eigenvalue weighted by Crippen LogP contribution is 2.35. The van der Waals surface area contributed by atoms with Crippen LogP contribution < -0.4 is 0 Å². The number of thioether (sulfide) groups is 4. The van der Waals surface area contributed by atoms with Crippen molar-refractivity contribution >= 4 is 88.5 Å². The fraction of sp³-hybridized carbons (Fsp3) is 0.435. The first-order valence-electron chi connectivity index (χ1n) is 19.4. The van der Waals surface area contributed by atoms with Crippen molar-refractivity contribution in [3.05, 3.63) is 135 Å². The van der Waals surface area contributed by atoms with Crippen LogP contribution in [0.3, 0.4) is 0 Å². The predicted octanol–water partition coefficient (Wildman–Crippen LogP) is 16.4. The summed E-state index contributed by atoms with van der Waals surface area (Å²) in [5.41, 5.74) is 2.76. The quantitative estimate of drug-likeness (QED) is 0.0271. The molecule has 8 heteroatoms. The van der Waals surface area contributed by atoms with Gasteiger partial charge in [0.05, 0.1) is 16.1 Å². The zero-order valence-corrected chi connectivity index (χ0v) is 41.0. The van der Waals surface area contributed by atoms with Gasteiger partial charge in [-0.2, -0.15) is 23.5 Å². The van der Waals surface area contributed by atoms with Gasteiger partial charge < -0.3 is 0 Å². The molecule has 0 aliphatic carbocycles. The second-order valence-electron chi connectivity index (χ2n) is 14.2. The summed E-state index contributed by atoms with van der Waals surface area (Å²) in [6, 6.07) is 36.4. The van der Waals surface area contributed by atoms with E-state index in [1.165, 1.54) is 81.7 Å². The molecule has 0 aliphatic rings. The number of thiol groups is 2. The average Bonchev–Trinajstić information content (AvgIpc) is 3.13. The van der Waals surface area contributed by atoms with Crippen molar-refractivity contribution in [3.8, 4) is 0 Å². The maximum atomic E-state index is 4.11. The van der Waals surface area contributed by atoms with E-state index < -0.39 is 16.1 Å². The van der Waals surface area contributed by atoms with Gasteiger partial charge in [-0.25, -0.2) is 0 Å². The van der Waals surface area contributed by atoms with Crippen molar-refractivity contribution in [2.24, 2.45) is 0 Å². The van der Waals surface area contributed by atoms with Crippen molar-refractivity contribution in [2.75, 3.05) is 35.5 Å². The minimum absolute atomic E-state index is 0.956. The van der Waals surface area contributed by atoms with Crippen LogP contribution >= 0.6 is 72.3 Å². The fourth-order valence-electron chi connectivity index (χ4n) is 6.84. The number of hydrogen-bond donors (Lipinski definition) is 2. The van der Waals surface area contributed by atoms with Crippen LogP contribution in [0.25, 0.3) is 0 Å². The summed E-state index contributed by atoms with van der Waals surface area (Å²) in [5, 5.41) is 0. The lowest BCUT2D eigenvalue weighted by Crippen LogP contribution is -2.34. The first-order chi connectivity index (χ1) is 26.1. The summed E-state index contributed by atoms with van der Waals surface area (Å²) in [7, 11) is -2.49. The molecule has 3 aromatic carbocycles. The third-order valence-corrected chi connectivity index (χ3v) is 23.9. The molecule has 0 N–H and O–H groups in total. The maximum absolute atomic E-state index is 4.11. The fourth-order valence-corrected chi connectivity index (χ4v) is 19.9. The first kappa shape index (κ1) is 51.2. The lowest BCUT2D eigenvalue weighted by Gasteiger charge is -2.32. The van der Waals surface area contributed by atoms with Crippen LogP contribution in [0.5, 0.6) is 0 Å². The highest BCUT2D eigenvalue weighted by Gasteiger charge is 2.31. The van der Waals surface area contributed by atoms with E-state index in [0.29, 0.717) is 0 Å². The van der Waals surface area contributed by atoms with Gasteiger partial charge in [-0.1, -0.05) is 89.9 Å². The zero-order valence-electron chi connectivity index (χ0n) is 33.9. The Kier molecular flexibility index (Phi) is 30.5. The highest BCUT2D eigenvalue weighted by atomic mass is 32.2. The smallest absolute Gasteiger partial charge is 0.0685 e. The van der Waals surface area contributed by atoms with Crippen LogP contribution in [-0.2, 0) is 0 Å². The molecular weight excluding hydrogens is 801 g/mol. The Labute approximate surface area is 363 Å². The third kappa shape index (κ3) is 24.0. The highest BCUT2D eigenvalue weighted by molar-refractivity contribution is 7.99. The monoisotopic (exact) mass is 870 g/mol. The predicted molar refractivity (Wildman–Crippen MR) is 271 cm³/mol. The molecule has 298 valence electrons. The summed E-state index contributed by atoms with van der Waals surface area (Å²) in [5.74, 6) is 5.24. The lowest BCUT2D eigenvalue weighted by atomic mass is 10.2. The van der Waals surface area contributed by atoms with Crippen LogP contribution in [0, 0.1) is 13.8 Å². The molecular formula is C46H70S6Si2.